The number of hydrogen-bond acceptors (Lipinski definition) is 5. The maximum absolute atomic E-state index is 11.6. The Kier molecular flexibility index (Phi) is 4.89. The van der Waals surface area contributed by atoms with Crippen LogP contribution >= 0.6 is 0 Å². The van der Waals surface area contributed by atoms with Crippen molar-refractivity contribution in [2.24, 2.45) is 0 Å². The molecule has 0 aliphatic carbocycles. The van der Waals surface area contributed by atoms with Crippen LogP contribution in [0.4, 0.5) is 0 Å². The number of quaternary nitrogens is 1. The van der Waals surface area contributed by atoms with E-state index in [4.69, 9.17) is 18.0 Å². The summed E-state index contributed by atoms with van der Waals surface area (Å²) in [6.07, 6.45) is 0.0767. The number of fused-ring (bicyclic) bond motifs is 6. The molecule has 3 fully saturated rings. The number of likely N-dealkylation sites (N-methyl/N-ethyl adjacent to an activating group) is 1. The van der Waals surface area contributed by atoms with Gasteiger partial charge in [0.05, 0.1) is 25.9 Å². The van der Waals surface area contributed by atoms with E-state index in [1.807, 2.05) is 13.8 Å². The molecule has 21 heavy (non-hydrogen) atoms. The fraction of sp³-hybridized carbons (Fsp3) is 0.786. The third-order valence-corrected chi connectivity index (χ3v) is 6.50. The van der Waals surface area contributed by atoms with Gasteiger partial charge in [0.25, 0.3) is 0 Å². The van der Waals surface area contributed by atoms with Gasteiger partial charge < -0.3 is 22.5 Å². The molecule has 3 rings (SSSR count). The molecule has 3 aliphatic rings. The Labute approximate surface area is 127 Å². The van der Waals surface area contributed by atoms with Gasteiger partial charge in [-0.15, -0.1) is 0 Å². The smallest absolute Gasteiger partial charge is 0.458 e. The standard InChI is InChI=1S/C14H26NO5Si/c1-11(2)14(16)17-10-21-18-7-6-15(5,8-12(3)19-21)9-13(4)20-21/h12-13H,1,6-10H2,2-5H3/q+1. The number of hydrogen-bond donors (Lipinski definition) is 0. The molecule has 7 heteroatoms. The zero-order valence-electron chi connectivity index (χ0n) is 13.4. The molecule has 3 aliphatic heterocycles. The van der Waals surface area contributed by atoms with E-state index >= 15 is 0 Å². The molecule has 0 spiro atoms. The topological polar surface area (TPSA) is 54.0 Å². The molecular formula is C14H26NO5Si+. The minimum Gasteiger partial charge on any atom is -0.458 e. The molecule has 2 bridgehead atoms. The number of esters is 1. The molecule has 3 heterocycles. The molecule has 0 aromatic heterocycles. The van der Waals surface area contributed by atoms with Crippen molar-refractivity contribution in [3.8, 4) is 0 Å². The molecule has 0 radical (unpaired) electrons. The maximum atomic E-state index is 11.6. The predicted molar refractivity (Wildman–Crippen MR) is 79.4 cm³/mol. The summed E-state index contributed by atoms with van der Waals surface area (Å²) in [5.41, 5.74) is 0.363. The SMILES string of the molecule is C=C(C)C(=O)OC[Si]12OCC[N+](C)(CC(C)O1)CC(C)O2. The average molecular weight is 316 g/mol. The number of carbonyl (C=O) groups is 1. The molecule has 6 nitrogen and oxygen atoms in total. The van der Waals surface area contributed by atoms with Crippen LogP contribution in [0.15, 0.2) is 12.2 Å². The number of ether oxygens (including phenoxy) is 1. The molecule has 2 unspecified atom stereocenters. The van der Waals surface area contributed by atoms with E-state index in [0.29, 0.717) is 12.2 Å². The van der Waals surface area contributed by atoms with E-state index in [0.717, 1.165) is 24.1 Å². The summed E-state index contributed by atoms with van der Waals surface area (Å²) >= 11 is 0. The Morgan fingerprint density at radius 2 is 1.90 bits per heavy atom. The van der Waals surface area contributed by atoms with Crippen molar-refractivity contribution in [3.05, 3.63) is 12.2 Å². The normalized spacial score (nSPS) is 40.0. The highest BCUT2D eigenvalue weighted by Crippen LogP contribution is 2.25. The van der Waals surface area contributed by atoms with Crippen LogP contribution < -0.4 is 0 Å². The van der Waals surface area contributed by atoms with Crippen LogP contribution in [0.3, 0.4) is 0 Å². The third-order valence-electron chi connectivity index (χ3n) is 3.84. The first-order valence-electron chi connectivity index (χ1n) is 7.39. The Bertz CT molecular complexity index is 414. The molecule has 0 amide bonds. The first kappa shape index (κ1) is 16.6. The molecule has 0 N–H and O–H groups in total. The molecule has 3 saturated heterocycles. The van der Waals surface area contributed by atoms with E-state index < -0.39 is 14.8 Å². The second-order valence-corrected chi connectivity index (χ2v) is 8.87. The highest BCUT2D eigenvalue weighted by atomic mass is 28.4. The van der Waals surface area contributed by atoms with Crippen LogP contribution in [-0.2, 0) is 22.8 Å². The van der Waals surface area contributed by atoms with Gasteiger partial charge in [-0.25, -0.2) is 4.79 Å². The van der Waals surface area contributed by atoms with Gasteiger partial charge in [-0.3, -0.25) is 0 Å². The summed E-state index contributed by atoms with van der Waals surface area (Å²) in [4.78, 5) is 11.6. The summed E-state index contributed by atoms with van der Waals surface area (Å²) in [7, 11) is -0.791. The maximum Gasteiger partial charge on any atom is 0.541 e. The zero-order valence-corrected chi connectivity index (χ0v) is 14.4. The van der Waals surface area contributed by atoms with E-state index in [9.17, 15) is 4.79 Å². The Morgan fingerprint density at radius 3 is 2.43 bits per heavy atom. The van der Waals surface area contributed by atoms with Crippen molar-refractivity contribution in [2.45, 2.75) is 33.0 Å². The van der Waals surface area contributed by atoms with Crippen LogP contribution in [0.1, 0.15) is 20.8 Å². The Hall–Kier alpha value is -0.733. The van der Waals surface area contributed by atoms with Gasteiger partial charge in [0.15, 0.2) is 6.23 Å². The average Bonchev–Trinajstić information content (AvgIpc) is 2.31. The van der Waals surface area contributed by atoms with Crippen molar-refractivity contribution >= 4 is 14.8 Å². The molecule has 0 saturated carbocycles. The van der Waals surface area contributed by atoms with Gasteiger partial charge in [-0.2, -0.15) is 0 Å². The van der Waals surface area contributed by atoms with Gasteiger partial charge in [-0.1, -0.05) is 6.58 Å². The van der Waals surface area contributed by atoms with Gasteiger partial charge in [0, 0.05) is 5.57 Å². The van der Waals surface area contributed by atoms with Crippen LogP contribution in [0.25, 0.3) is 0 Å². The summed E-state index contributed by atoms with van der Waals surface area (Å²) in [6, 6.07) is 0. The minimum atomic E-state index is -2.99. The summed E-state index contributed by atoms with van der Waals surface area (Å²) in [6.45, 7) is 12.6. The van der Waals surface area contributed by atoms with Crippen molar-refractivity contribution < 1.29 is 27.3 Å². The van der Waals surface area contributed by atoms with E-state index in [-0.39, 0.29) is 18.4 Å². The summed E-state index contributed by atoms with van der Waals surface area (Å²) in [5, 5.41) is 0. The van der Waals surface area contributed by atoms with E-state index in [1.54, 1.807) is 6.92 Å². The number of nitrogens with zero attached hydrogens (tertiary/aromatic N) is 1. The van der Waals surface area contributed by atoms with Gasteiger partial charge in [-0.05, 0) is 20.8 Å². The minimum absolute atomic E-state index is 0.0120. The third kappa shape index (κ3) is 4.14. The first-order chi connectivity index (χ1) is 9.74. The van der Waals surface area contributed by atoms with Crippen LogP contribution in [0.5, 0.6) is 0 Å². The van der Waals surface area contributed by atoms with Gasteiger partial charge >= 0.3 is 14.8 Å². The Balaban J connectivity index is 2.15. The largest absolute Gasteiger partial charge is 0.541 e. The molecule has 120 valence electrons. The lowest BCUT2D eigenvalue weighted by Crippen LogP contribution is -2.66. The first-order valence-corrected chi connectivity index (χ1v) is 9.33. The lowest BCUT2D eigenvalue weighted by molar-refractivity contribution is -0.917. The second-order valence-electron chi connectivity index (χ2n) is 6.45. The van der Waals surface area contributed by atoms with Crippen molar-refractivity contribution in [3.63, 3.8) is 0 Å². The molecule has 0 aromatic rings. The number of carbonyl (C=O) groups excluding carboxylic acids is 1. The van der Waals surface area contributed by atoms with Gasteiger partial charge in [0.1, 0.15) is 19.6 Å². The lowest BCUT2D eigenvalue weighted by atomic mass is 10.2. The van der Waals surface area contributed by atoms with Gasteiger partial charge in [0.2, 0.25) is 0 Å². The fourth-order valence-electron chi connectivity index (χ4n) is 3.09. The quantitative estimate of drug-likeness (QED) is 0.335. The Morgan fingerprint density at radius 1 is 1.33 bits per heavy atom. The summed E-state index contributed by atoms with van der Waals surface area (Å²) < 4.78 is 24.3. The highest BCUT2D eigenvalue weighted by molar-refractivity contribution is 6.61. The van der Waals surface area contributed by atoms with Crippen molar-refractivity contribution in [2.75, 3.05) is 39.5 Å². The molecule has 0 aromatic carbocycles. The lowest BCUT2D eigenvalue weighted by Gasteiger charge is -2.47. The van der Waals surface area contributed by atoms with Crippen LogP contribution in [0.2, 0.25) is 0 Å². The molecule has 2 atom stereocenters. The van der Waals surface area contributed by atoms with Crippen molar-refractivity contribution in [1.29, 1.82) is 0 Å². The number of rotatable bonds is 3. The highest BCUT2D eigenvalue weighted by Gasteiger charge is 2.52. The fourth-order valence-corrected chi connectivity index (χ4v) is 5.59. The molecular weight excluding hydrogens is 290 g/mol. The van der Waals surface area contributed by atoms with E-state index in [1.165, 1.54) is 0 Å². The van der Waals surface area contributed by atoms with E-state index in [2.05, 4.69) is 13.6 Å². The predicted octanol–water partition coefficient (Wildman–Crippen LogP) is 0.884. The second kappa shape index (κ2) is 6.17. The summed E-state index contributed by atoms with van der Waals surface area (Å²) in [5.74, 6) is -0.433. The monoisotopic (exact) mass is 316 g/mol. The van der Waals surface area contributed by atoms with Crippen LogP contribution in [-0.4, -0.2) is 71.0 Å². The zero-order chi connectivity index (χ0) is 15.7. The van der Waals surface area contributed by atoms with Crippen LogP contribution in [0, 0.1) is 0 Å². The van der Waals surface area contributed by atoms with Crippen molar-refractivity contribution in [1.82, 2.24) is 0 Å².